The fraction of sp³-hybridized carbons (Fsp3) is 0.259. The minimum Gasteiger partial charge on any atom is -0.493 e. The van der Waals surface area contributed by atoms with E-state index in [1.165, 1.54) is 0 Å². The Morgan fingerprint density at radius 1 is 0.971 bits per heavy atom. The number of furan rings is 1. The third-order valence-corrected chi connectivity index (χ3v) is 6.41. The number of ether oxygens (including phenoxy) is 3. The van der Waals surface area contributed by atoms with Gasteiger partial charge in [-0.1, -0.05) is 36.4 Å². The summed E-state index contributed by atoms with van der Waals surface area (Å²) >= 11 is 0. The molecule has 0 N–H and O–H groups in total. The summed E-state index contributed by atoms with van der Waals surface area (Å²) in [5.41, 5.74) is 3.45. The summed E-state index contributed by atoms with van der Waals surface area (Å²) < 4.78 is 22.0. The van der Waals surface area contributed by atoms with Crippen LogP contribution in [0.2, 0.25) is 0 Å². The number of carbonyl (C=O) groups is 2. The largest absolute Gasteiger partial charge is 0.493 e. The molecule has 7 nitrogen and oxygen atoms in total. The van der Waals surface area contributed by atoms with Crippen LogP contribution in [-0.2, 0) is 22.5 Å². The third kappa shape index (κ3) is 3.73. The second-order valence-electron chi connectivity index (χ2n) is 8.34. The van der Waals surface area contributed by atoms with E-state index in [2.05, 4.69) is 0 Å². The molecule has 0 unspecified atom stereocenters. The molecule has 174 valence electrons. The average molecular weight is 459 g/mol. The smallest absolute Gasteiger partial charge is 0.375 e. The number of carbonyl (C=O) groups excluding carboxylic acids is 2. The van der Waals surface area contributed by atoms with Crippen molar-refractivity contribution in [3.63, 3.8) is 0 Å². The Morgan fingerprint density at radius 3 is 2.47 bits per heavy atom. The highest BCUT2D eigenvalue weighted by molar-refractivity contribution is 6.08. The lowest BCUT2D eigenvalue weighted by atomic mass is 9.99. The first kappa shape index (κ1) is 21.8. The van der Waals surface area contributed by atoms with Crippen molar-refractivity contribution in [2.45, 2.75) is 19.9 Å². The Labute approximate surface area is 196 Å². The van der Waals surface area contributed by atoms with Gasteiger partial charge in [0.05, 0.1) is 14.2 Å². The number of fused-ring (bicyclic) bond motifs is 4. The molecule has 0 radical (unpaired) electrons. The van der Waals surface area contributed by atoms with Gasteiger partial charge < -0.3 is 23.5 Å². The predicted octanol–water partition coefficient (Wildman–Crippen LogP) is 4.65. The number of esters is 1. The lowest BCUT2D eigenvalue weighted by Gasteiger charge is -2.29. The summed E-state index contributed by atoms with van der Waals surface area (Å²) in [6, 6.07) is 15.6. The molecule has 3 aromatic carbocycles. The van der Waals surface area contributed by atoms with Crippen LogP contribution in [0.5, 0.6) is 11.5 Å². The van der Waals surface area contributed by atoms with Crippen LogP contribution in [0.15, 0.2) is 52.9 Å². The normalized spacial score (nSPS) is 13.1. The second-order valence-corrected chi connectivity index (χ2v) is 8.34. The fourth-order valence-electron chi connectivity index (χ4n) is 4.52. The highest BCUT2D eigenvalue weighted by Crippen LogP contribution is 2.34. The molecule has 0 fully saturated rings. The van der Waals surface area contributed by atoms with Crippen molar-refractivity contribution in [2.24, 2.45) is 0 Å². The molecule has 1 amide bonds. The van der Waals surface area contributed by atoms with Crippen molar-refractivity contribution in [3.8, 4) is 11.5 Å². The van der Waals surface area contributed by atoms with E-state index < -0.39 is 5.97 Å². The highest BCUT2D eigenvalue weighted by atomic mass is 16.5. The van der Waals surface area contributed by atoms with Crippen LogP contribution in [0, 0.1) is 6.92 Å². The van der Waals surface area contributed by atoms with Crippen molar-refractivity contribution >= 4 is 33.6 Å². The molecule has 0 saturated heterocycles. The molecule has 34 heavy (non-hydrogen) atoms. The fourth-order valence-corrected chi connectivity index (χ4v) is 4.52. The molecule has 2 heterocycles. The molecule has 7 heteroatoms. The molecule has 1 aromatic heterocycles. The van der Waals surface area contributed by atoms with Crippen molar-refractivity contribution in [1.82, 2.24) is 4.90 Å². The first-order valence-corrected chi connectivity index (χ1v) is 11.1. The van der Waals surface area contributed by atoms with E-state index in [1.54, 1.807) is 19.1 Å². The summed E-state index contributed by atoms with van der Waals surface area (Å²) in [6.45, 7) is 2.43. The van der Waals surface area contributed by atoms with Gasteiger partial charge in [0.25, 0.3) is 5.91 Å². The zero-order valence-corrected chi connectivity index (χ0v) is 19.3. The van der Waals surface area contributed by atoms with Gasteiger partial charge in [0.1, 0.15) is 5.58 Å². The van der Waals surface area contributed by atoms with Gasteiger partial charge in [0, 0.05) is 29.4 Å². The van der Waals surface area contributed by atoms with Crippen LogP contribution in [0.3, 0.4) is 0 Å². The Morgan fingerprint density at radius 2 is 1.71 bits per heavy atom. The Hall–Kier alpha value is -4.00. The minimum atomic E-state index is -0.644. The van der Waals surface area contributed by atoms with Crippen LogP contribution >= 0.6 is 0 Å². The average Bonchev–Trinajstić information content (AvgIpc) is 3.22. The first-order valence-electron chi connectivity index (χ1n) is 11.1. The molecule has 1 aliphatic rings. The zero-order chi connectivity index (χ0) is 23.8. The minimum absolute atomic E-state index is 0.125. The van der Waals surface area contributed by atoms with Crippen LogP contribution in [0.1, 0.15) is 27.2 Å². The Balaban J connectivity index is 1.30. The number of rotatable bonds is 5. The molecule has 0 aliphatic carbocycles. The predicted molar refractivity (Wildman–Crippen MR) is 127 cm³/mol. The van der Waals surface area contributed by atoms with Crippen molar-refractivity contribution in [3.05, 3.63) is 71.0 Å². The number of methoxy groups -OCH3 is 2. The second kappa shape index (κ2) is 8.74. The van der Waals surface area contributed by atoms with Crippen LogP contribution in [0.25, 0.3) is 21.7 Å². The van der Waals surface area contributed by atoms with Gasteiger partial charge in [-0.05, 0) is 42.0 Å². The van der Waals surface area contributed by atoms with Crippen molar-refractivity contribution in [1.29, 1.82) is 0 Å². The number of nitrogens with zero attached hydrogens (tertiary/aromatic N) is 1. The van der Waals surface area contributed by atoms with Gasteiger partial charge >= 0.3 is 5.97 Å². The third-order valence-electron chi connectivity index (χ3n) is 6.41. The van der Waals surface area contributed by atoms with E-state index >= 15 is 0 Å². The standard InChI is InChI=1S/C27H25NO6/c1-16-20-9-8-17-6-4-5-7-21(17)26(20)34-25(16)27(30)33-15-24(29)28-11-10-18-12-22(31-2)23(32-3)13-19(18)14-28/h4-9,12-13H,10-11,14-15H2,1-3H3. The summed E-state index contributed by atoms with van der Waals surface area (Å²) in [7, 11) is 3.18. The summed E-state index contributed by atoms with van der Waals surface area (Å²) in [5.74, 6) is 0.515. The maximum atomic E-state index is 12.8. The lowest BCUT2D eigenvalue weighted by Crippen LogP contribution is -2.38. The van der Waals surface area contributed by atoms with Gasteiger partial charge in [-0.2, -0.15) is 0 Å². The lowest BCUT2D eigenvalue weighted by molar-refractivity contribution is -0.135. The van der Waals surface area contributed by atoms with Gasteiger partial charge in [-0.25, -0.2) is 4.79 Å². The molecule has 4 aromatic rings. The van der Waals surface area contributed by atoms with Crippen LogP contribution in [0.4, 0.5) is 0 Å². The maximum absolute atomic E-state index is 12.8. The number of hydrogen-bond donors (Lipinski definition) is 0. The van der Waals surface area contributed by atoms with Crippen molar-refractivity contribution < 1.29 is 28.2 Å². The molecule has 0 spiro atoms. The summed E-state index contributed by atoms with van der Waals surface area (Å²) in [5, 5.41) is 2.81. The van der Waals surface area contributed by atoms with E-state index in [0.717, 1.165) is 27.3 Å². The maximum Gasteiger partial charge on any atom is 0.375 e. The summed E-state index contributed by atoms with van der Waals surface area (Å²) in [4.78, 5) is 27.3. The van der Waals surface area contributed by atoms with Gasteiger partial charge in [0.15, 0.2) is 18.1 Å². The zero-order valence-electron chi connectivity index (χ0n) is 19.3. The highest BCUT2D eigenvalue weighted by Gasteiger charge is 2.25. The molecular formula is C27H25NO6. The van der Waals surface area contributed by atoms with E-state index in [1.807, 2.05) is 55.5 Å². The number of benzene rings is 3. The van der Waals surface area contributed by atoms with Gasteiger partial charge in [-0.15, -0.1) is 0 Å². The quantitative estimate of drug-likeness (QED) is 0.404. The first-order chi connectivity index (χ1) is 16.5. The molecule has 5 rings (SSSR count). The molecular weight excluding hydrogens is 434 g/mol. The monoisotopic (exact) mass is 459 g/mol. The van der Waals surface area contributed by atoms with Gasteiger partial charge in [0.2, 0.25) is 5.76 Å². The SMILES string of the molecule is COc1cc2c(cc1OC)CN(C(=O)COC(=O)c1oc3c(ccc4ccccc43)c1C)CC2. The Kier molecular flexibility index (Phi) is 5.61. The number of aryl methyl sites for hydroxylation is 1. The number of hydrogen-bond acceptors (Lipinski definition) is 6. The van der Waals surface area contributed by atoms with E-state index in [-0.39, 0.29) is 18.3 Å². The molecule has 0 bridgehead atoms. The van der Waals surface area contributed by atoms with E-state index in [0.29, 0.717) is 42.2 Å². The van der Waals surface area contributed by atoms with Crippen molar-refractivity contribution in [2.75, 3.05) is 27.4 Å². The van der Waals surface area contributed by atoms with Crippen LogP contribution < -0.4 is 9.47 Å². The topological polar surface area (TPSA) is 78.2 Å². The molecule has 1 aliphatic heterocycles. The van der Waals surface area contributed by atoms with E-state index in [4.69, 9.17) is 18.6 Å². The Bertz CT molecular complexity index is 1420. The van der Waals surface area contributed by atoms with E-state index in [9.17, 15) is 9.59 Å². The van der Waals surface area contributed by atoms with Gasteiger partial charge in [-0.3, -0.25) is 4.79 Å². The molecule has 0 saturated carbocycles. The molecule has 0 atom stereocenters. The summed E-state index contributed by atoms with van der Waals surface area (Å²) in [6.07, 6.45) is 0.686. The van der Waals surface area contributed by atoms with Crippen LogP contribution in [-0.4, -0.2) is 44.1 Å². The number of amides is 1.